The van der Waals surface area contributed by atoms with E-state index >= 15 is 0 Å². The van der Waals surface area contributed by atoms with Gasteiger partial charge in [-0.1, -0.05) is 35.3 Å². The molecule has 588 valence electrons. The number of ether oxygens (including phenoxy) is 9. The lowest BCUT2D eigenvalue weighted by molar-refractivity contribution is -0.338. The highest BCUT2D eigenvalue weighted by atomic mass is 32.2. The summed E-state index contributed by atoms with van der Waals surface area (Å²) in [6, 6.07) is 17.0. The van der Waals surface area contributed by atoms with Gasteiger partial charge in [0.1, 0.15) is 163 Å². The molecule has 0 spiro atoms. The number of aliphatic hydroxyl groups is 21. The lowest BCUT2D eigenvalue weighted by atomic mass is 9.97. The predicted molar refractivity (Wildman–Crippen MR) is 355 cm³/mol. The van der Waals surface area contributed by atoms with Crippen LogP contribution in [0.2, 0.25) is 0 Å². The molecule has 0 aromatic heterocycles. The molecule has 0 bridgehead atoms. The zero-order valence-corrected chi connectivity index (χ0v) is 59.1. The molecular formula is C60H81N3O36S6. The van der Waals surface area contributed by atoms with Gasteiger partial charge in [-0.15, -0.1) is 0 Å². The summed E-state index contributed by atoms with van der Waals surface area (Å²) in [5, 5.41) is 220. The molecule has 6 saturated heterocycles. The predicted octanol–water partition coefficient (Wildman–Crippen LogP) is -8.76. The third-order valence-electron chi connectivity index (χ3n) is 17.7. The second-order valence-corrected chi connectivity index (χ2v) is 33.5. The van der Waals surface area contributed by atoms with Crippen LogP contribution >= 0.6 is 35.3 Å². The van der Waals surface area contributed by atoms with Gasteiger partial charge in [0, 0.05) is 31.7 Å². The molecule has 6 fully saturated rings. The molecule has 6 aliphatic rings. The standard InChI is InChI=1S/C60H81N3O36S6/c64-16-31-37(70)40(73)46(79)55(91-31)97-52-34(19-67)94-58(49(82)43(52)76)100-25-7-1-22(2-8-25)61-103(85,86)28-13-29(104(87,88)62-23-3-9-26(10-4-23)101-59-50(83)44(77)53(35(20-68)95-59)98-56-47(80)41(74)38(71)32(17-65)92-56)15-30(14-28)105(89,90)63-24-5-11-27(12-6-24)102-60-51(84)45(78)54(36(21-69)96-60)99-57-48(81)42(75)39(72)33(18-66)93-57/h1-15,31-84H,16-21H2/t31-,32-,33-,34-,35-,36-,37-,38-,39-,40+,41+,42+,43-,44-,45-,46-,47-,48-,49-,50-,51-,52-,53-,54-,55-,56-,57-,58+,59+,60+/m1/s1. The number of hydrogen-bond donors (Lipinski definition) is 24. The Morgan fingerprint density at radius 3 is 0.714 bits per heavy atom. The van der Waals surface area contributed by atoms with Gasteiger partial charge in [0.2, 0.25) is 0 Å². The zero-order chi connectivity index (χ0) is 76.5. The van der Waals surface area contributed by atoms with Crippen LogP contribution in [0.15, 0.2) is 120 Å². The van der Waals surface area contributed by atoms with Crippen LogP contribution in [0.5, 0.6) is 0 Å². The van der Waals surface area contributed by atoms with E-state index in [1.807, 2.05) is 0 Å². The fraction of sp³-hybridized carbons (Fsp3) is 0.600. The molecule has 4 aromatic carbocycles. The first-order chi connectivity index (χ1) is 49.7. The minimum absolute atomic E-state index is 0.210. The molecule has 4 aromatic rings. The van der Waals surface area contributed by atoms with Crippen LogP contribution in [-0.4, -0.2) is 354 Å². The van der Waals surface area contributed by atoms with Crippen LogP contribution in [0.1, 0.15) is 0 Å². The maximum atomic E-state index is 14.4. The lowest BCUT2D eigenvalue weighted by Crippen LogP contribution is -2.64. The molecular weight excluding hydrogens is 1530 g/mol. The first-order valence-electron chi connectivity index (χ1n) is 32.0. The van der Waals surface area contributed by atoms with Crippen molar-refractivity contribution in [1.82, 2.24) is 0 Å². The molecule has 10 rings (SSSR count). The number of rotatable bonds is 27. The molecule has 45 heteroatoms. The van der Waals surface area contributed by atoms with Gasteiger partial charge in [0.05, 0.1) is 54.3 Å². The highest BCUT2D eigenvalue weighted by Gasteiger charge is 2.55. The number of sulfonamides is 3. The summed E-state index contributed by atoms with van der Waals surface area (Å²) < 4.78 is 144. The zero-order valence-electron chi connectivity index (χ0n) is 54.2. The number of thioether (sulfide) groups is 3. The first kappa shape index (κ1) is 83.5. The number of nitrogens with one attached hydrogen (secondary N) is 3. The van der Waals surface area contributed by atoms with Gasteiger partial charge in [-0.2, -0.15) is 0 Å². The molecule has 0 radical (unpaired) electrons. The van der Waals surface area contributed by atoms with Crippen molar-refractivity contribution in [2.24, 2.45) is 0 Å². The minimum Gasteiger partial charge on any atom is -0.394 e. The summed E-state index contributed by atoms with van der Waals surface area (Å²) in [4.78, 5) is -2.12. The van der Waals surface area contributed by atoms with E-state index < -0.39 is 266 Å². The molecule has 0 amide bonds. The van der Waals surface area contributed by atoms with Gasteiger partial charge in [-0.05, 0) is 91.0 Å². The summed E-state index contributed by atoms with van der Waals surface area (Å²) in [6.45, 7) is -4.99. The molecule has 0 aliphatic carbocycles. The highest BCUT2D eigenvalue weighted by molar-refractivity contribution is 8.00. The molecule has 24 N–H and O–H groups in total. The van der Waals surface area contributed by atoms with Crippen molar-refractivity contribution in [3.05, 3.63) is 91.0 Å². The van der Waals surface area contributed by atoms with Crippen molar-refractivity contribution in [3.8, 4) is 0 Å². The van der Waals surface area contributed by atoms with Gasteiger partial charge < -0.3 is 150 Å². The molecule has 6 heterocycles. The minimum atomic E-state index is -5.03. The van der Waals surface area contributed by atoms with Crippen LogP contribution < -0.4 is 14.2 Å². The van der Waals surface area contributed by atoms with Crippen LogP contribution in [0.4, 0.5) is 17.1 Å². The summed E-state index contributed by atoms with van der Waals surface area (Å²) in [5.41, 5.74) is -4.75. The summed E-state index contributed by atoms with van der Waals surface area (Å²) in [6.07, 6.45) is -46.4. The Kier molecular flexibility index (Phi) is 27.9. The Morgan fingerprint density at radius 2 is 0.505 bits per heavy atom. The van der Waals surface area contributed by atoms with Gasteiger partial charge >= 0.3 is 0 Å². The summed E-state index contributed by atoms with van der Waals surface area (Å²) >= 11 is 2.31. The van der Waals surface area contributed by atoms with Crippen molar-refractivity contribution in [3.63, 3.8) is 0 Å². The van der Waals surface area contributed by atoms with Crippen molar-refractivity contribution in [2.45, 2.75) is 211 Å². The smallest absolute Gasteiger partial charge is 0.261 e. The van der Waals surface area contributed by atoms with E-state index in [4.69, 9.17) is 42.6 Å². The first-order valence-corrected chi connectivity index (χ1v) is 39.0. The third kappa shape index (κ3) is 18.6. The van der Waals surface area contributed by atoms with Crippen LogP contribution in [0.25, 0.3) is 0 Å². The van der Waals surface area contributed by atoms with Gasteiger partial charge in [0.25, 0.3) is 30.1 Å². The maximum absolute atomic E-state index is 14.4. The molecule has 0 saturated carbocycles. The fourth-order valence-corrected chi connectivity index (χ4v) is 18.6. The van der Waals surface area contributed by atoms with E-state index in [1.54, 1.807) is 0 Å². The van der Waals surface area contributed by atoms with E-state index in [9.17, 15) is 132 Å². The van der Waals surface area contributed by atoms with Crippen molar-refractivity contribution >= 4 is 82.4 Å². The fourth-order valence-electron chi connectivity index (χ4n) is 11.8. The molecule has 30 atom stereocenters. The lowest BCUT2D eigenvalue weighted by Gasteiger charge is -2.46. The quantitative estimate of drug-likeness (QED) is 0.0264. The second-order valence-electron chi connectivity index (χ2n) is 24.9. The number of aliphatic hydroxyl groups excluding tert-OH is 21. The van der Waals surface area contributed by atoms with Crippen LogP contribution in [0.3, 0.4) is 0 Å². The molecule has 6 aliphatic heterocycles. The Morgan fingerprint density at radius 1 is 0.286 bits per heavy atom. The molecule has 0 unspecified atom stereocenters. The topological polar surface area (TPSA) is 646 Å². The molecule has 39 nitrogen and oxygen atoms in total. The van der Waals surface area contributed by atoms with Gasteiger partial charge in [-0.25, -0.2) is 25.3 Å². The monoisotopic (exact) mass is 1610 g/mol. The van der Waals surface area contributed by atoms with E-state index in [-0.39, 0.29) is 31.7 Å². The van der Waals surface area contributed by atoms with E-state index in [0.29, 0.717) is 18.2 Å². The van der Waals surface area contributed by atoms with E-state index in [2.05, 4.69) is 14.2 Å². The van der Waals surface area contributed by atoms with Crippen LogP contribution in [-0.2, 0) is 72.7 Å². The van der Waals surface area contributed by atoms with Crippen LogP contribution in [0, 0.1) is 0 Å². The van der Waals surface area contributed by atoms with Gasteiger partial charge in [0.15, 0.2) is 18.9 Å². The number of hydrogen-bond acceptors (Lipinski definition) is 39. The average molecular weight is 1610 g/mol. The van der Waals surface area contributed by atoms with Crippen molar-refractivity contribution in [2.75, 3.05) is 53.8 Å². The number of anilines is 3. The highest BCUT2D eigenvalue weighted by Crippen LogP contribution is 2.41. The normalized spacial score (nSPS) is 38.6. The second kappa shape index (κ2) is 35.1. The Balaban J connectivity index is 0.851. The summed E-state index contributed by atoms with van der Waals surface area (Å²) in [7, 11) is -15.1. The maximum Gasteiger partial charge on any atom is 0.261 e. The van der Waals surface area contributed by atoms with E-state index in [0.717, 1.165) is 35.3 Å². The average Bonchev–Trinajstić information content (AvgIpc) is 0.786. The summed E-state index contributed by atoms with van der Waals surface area (Å²) in [5.74, 6) is 0. The Hall–Kier alpha value is -4.02. The Bertz CT molecular complexity index is 3440. The van der Waals surface area contributed by atoms with Crippen molar-refractivity contribution in [1.29, 1.82) is 0 Å². The third-order valence-corrected chi connectivity index (χ3v) is 25.3. The molecule has 105 heavy (non-hydrogen) atoms. The van der Waals surface area contributed by atoms with E-state index in [1.165, 1.54) is 72.8 Å². The van der Waals surface area contributed by atoms with Crippen molar-refractivity contribution < 1.29 is 175 Å². The largest absolute Gasteiger partial charge is 0.394 e. The van der Waals surface area contributed by atoms with Gasteiger partial charge in [-0.3, -0.25) is 14.2 Å². The SMILES string of the molecule is O=S(=O)(Nc1ccc(S[C@@H]2O[C@H](CO)[C@@H](O[C@H]3O[C@H](CO)[C@@H](O)[C@H](O)[C@H]3O)[C@H](O)[C@H]2O)cc1)c1cc(S(=O)(=O)Nc2ccc(S[C@@H]3O[C@H](CO)[C@@H](O[C@H]4O[C@H](CO)[C@@H](O)[C@H](O)[C@H]4O)[C@H](O)[C@H]3O)cc2)cc(S(=O)(=O)Nc2ccc(S[C@@H]3O[C@H](CO)[C@@H](O[C@H]4O[C@H](CO)[C@@H](O)[C@H](O)[C@H]4O)[C@H](O)[C@H]3O)cc2)c1. The number of benzene rings is 4. The Labute approximate surface area is 610 Å².